The number of aromatic nitrogens is 2. The highest BCUT2D eigenvalue weighted by Gasteiger charge is 2.06. The second kappa shape index (κ2) is 10.8. The molecule has 0 unspecified atom stereocenters. The van der Waals surface area contributed by atoms with Gasteiger partial charge in [0.2, 0.25) is 0 Å². The number of halogens is 1. The third kappa shape index (κ3) is 6.11. The Labute approximate surface area is 165 Å². The van der Waals surface area contributed by atoms with Crippen molar-refractivity contribution < 1.29 is 9.47 Å². The summed E-state index contributed by atoms with van der Waals surface area (Å²) in [7, 11) is 5.31. The Bertz CT molecular complexity index is 687. The molecule has 2 aromatic rings. The number of aryl methyl sites for hydroxylation is 1. The maximum Gasteiger partial charge on any atom is 0.191 e. The molecule has 25 heavy (non-hydrogen) atoms. The maximum absolute atomic E-state index is 5.53. The molecule has 1 heterocycles. The zero-order chi connectivity index (χ0) is 17.4. The molecule has 138 valence electrons. The van der Waals surface area contributed by atoms with Gasteiger partial charge in [-0.2, -0.15) is 5.10 Å². The van der Waals surface area contributed by atoms with Gasteiger partial charge >= 0.3 is 0 Å². The number of hydrogen-bond donors (Lipinski definition) is 2. The summed E-state index contributed by atoms with van der Waals surface area (Å²) in [6.07, 6.45) is 1.78. The molecule has 0 atom stereocenters. The number of hydrogen-bond acceptors (Lipinski definition) is 4. The van der Waals surface area contributed by atoms with Crippen LogP contribution in [-0.4, -0.2) is 36.5 Å². The van der Waals surface area contributed by atoms with Gasteiger partial charge in [-0.15, -0.1) is 24.0 Å². The number of nitrogens with one attached hydrogen (secondary N) is 2. The second-order valence-corrected chi connectivity index (χ2v) is 5.14. The number of guanidine groups is 1. The molecule has 0 fully saturated rings. The summed E-state index contributed by atoms with van der Waals surface area (Å²) in [5.74, 6) is 2.21. The minimum absolute atomic E-state index is 0. The first-order valence-electron chi connectivity index (χ1n) is 7.89. The summed E-state index contributed by atoms with van der Waals surface area (Å²) in [4.78, 5) is 4.23. The van der Waals surface area contributed by atoms with E-state index in [1.165, 1.54) is 0 Å². The molecule has 2 N–H and O–H groups in total. The predicted molar refractivity (Wildman–Crippen MR) is 110 cm³/mol. The second-order valence-electron chi connectivity index (χ2n) is 5.14. The zero-order valence-electron chi connectivity index (χ0n) is 15.1. The highest BCUT2D eigenvalue weighted by molar-refractivity contribution is 14.0. The topological polar surface area (TPSA) is 72.7 Å². The average molecular weight is 459 g/mol. The van der Waals surface area contributed by atoms with Crippen molar-refractivity contribution in [2.75, 3.05) is 20.8 Å². The number of rotatable bonds is 7. The molecule has 0 amide bonds. The van der Waals surface area contributed by atoms with Crippen molar-refractivity contribution in [1.82, 2.24) is 20.4 Å². The summed E-state index contributed by atoms with van der Waals surface area (Å²) in [5.41, 5.74) is 2.17. The Morgan fingerprint density at radius 2 is 1.96 bits per heavy atom. The fraction of sp³-hybridized carbons (Fsp3) is 0.412. The number of ether oxygens (including phenoxy) is 2. The molecule has 0 spiro atoms. The summed E-state index contributed by atoms with van der Waals surface area (Å²) >= 11 is 0. The molecule has 7 nitrogen and oxygen atoms in total. The van der Waals surface area contributed by atoms with Crippen LogP contribution in [0.4, 0.5) is 0 Å². The number of benzene rings is 1. The van der Waals surface area contributed by atoms with Gasteiger partial charge in [0.25, 0.3) is 0 Å². The van der Waals surface area contributed by atoms with Crippen molar-refractivity contribution in [3.63, 3.8) is 0 Å². The first-order valence-corrected chi connectivity index (χ1v) is 7.89. The summed E-state index contributed by atoms with van der Waals surface area (Å²) in [5, 5.41) is 10.7. The van der Waals surface area contributed by atoms with E-state index in [1.54, 1.807) is 20.4 Å². The molecule has 0 radical (unpaired) electrons. The lowest BCUT2D eigenvalue weighted by atomic mass is 10.2. The number of nitrogens with zero attached hydrogens (tertiary/aromatic N) is 3. The highest BCUT2D eigenvalue weighted by Crippen LogP contribution is 2.27. The Hall–Kier alpha value is -1.97. The predicted octanol–water partition coefficient (Wildman–Crippen LogP) is 2.31. The van der Waals surface area contributed by atoms with Crippen LogP contribution in [0, 0.1) is 0 Å². The van der Waals surface area contributed by atoms with Crippen molar-refractivity contribution in [2.45, 2.75) is 20.0 Å². The third-order valence-electron chi connectivity index (χ3n) is 3.57. The molecule has 0 bridgehead atoms. The van der Waals surface area contributed by atoms with E-state index in [4.69, 9.17) is 9.47 Å². The van der Waals surface area contributed by atoms with E-state index in [2.05, 4.69) is 20.7 Å². The van der Waals surface area contributed by atoms with Gasteiger partial charge in [-0.1, -0.05) is 6.07 Å². The summed E-state index contributed by atoms with van der Waals surface area (Å²) in [6, 6.07) is 7.87. The standard InChI is InChI=1S/C17H25N5O2.HI/c1-5-24-15-7-6-13(10-16(15)23-4)11-19-17(18-2)20-12-14-8-9-21-22(14)3;/h6-10H,5,11-12H2,1-4H3,(H2,18,19,20);1H. The van der Waals surface area contributed by atoms with Gasteiger partial charge < -0.3 is 20.1 Å². The van der Waals surface area contributed by atoms with Gasteiger partial charge in [0.15, 0.2) is 17.5 Å². The third-order valence-corrected chi connectivity index (χ3v) is 3.57. The maximum atomic E-state index is 5.53. The van der Waals surface area contributed by atoms with Crippen molar-refractivity contribution in [1.29, 1.82) is 0 Å². The SMILES string of the molecule is CCOc1ccc(CNC(=NC)NCc2ccnn2C)cc1OC.I. The van der Waals surface area contributed by atoms with E-state index in [0.717, 1.165) is 28.7 Å². The Morgan fingerprint density at radius 1 is 1.20 bits per heavy atom. The lowest BCUT2D eigenvalue weighted by molar-refractivity contribution is 0.310. The lowest BCUT2D eigenvalue weighted by Gasteiger charge is -2.14. The Balaban J connectivity index is 0.00000312. The van der Waals surface area contributed by atoms with Crippen LogP contribution in [-0.2, 0) is 20.1 Å². The van der Waals surface area contributed by atoms with Crippen molar-refractivity contribution >= 4 is 29.9 Å². The molecule has 1 aromatic heterocycles. The van der Waals surface area contributed by atoms with Gasteiger partial charge in [0, 0.05) is 26.8 Å². The smallest absolute Gasteiger partial charge is 0.191 e. The van der Waals surface area contributed by atoms with Crippen molar-refractivity contribution in [3.05, 3.63) is 41.7 Å². The van der Waals surface area contributed by atoms with Gasteiger partial charge in [-0.3, -0.25) is 9.67 Å². The van der Waals surface area contributed by atoms with Crippen LogP contribution < -0.4 is 20.1 Å². The number of aliphatic imine (C=N–C) groups is 1. The minimum Gasteiger partial charge on any atom is -0.493 e. The first kappa shape index (κ1) is 21.1. The Kier molecular flexibility index (Phi) is 9.11. The molecular weight excluding hydrogens is 433 g/mol. The van der Waals surface area contributed by atoms with E-state index < -0.39 is 0 Å². The zero-order valence-corrected chi connectivity index (χ0v) is 17.4. The Morgan fingerprint density at radius 3 is 2.56 bits per heavy atom. The van der Waals surface area contributed by atoms with Crippen LogP contribution in [0.5, 0.6) is 11.5 Å². The molecule has 0 saturated carbocycles. The fourth-order valence-electron chi connectivity index (χ4n) is 2.25. The summed E-state index contributed by atoms with van der Waals surface area (Å²) < 4.78 is 12.7. The molecule has 0 aliphatic heterocycles. The van der Waals surface area contributed by atoms with E-state index in [0.29, 0.717) is 19.7 Å². The summed E-state index contributed by atoms with van der Waals surface area (Å²) in [6.45, 7) is 3.85. The normalized spacial score (nSPS) is 10.8. The molecule has 0 saturated heterocycles. The van der Waals surface area contributed by atoms with Gasteiger partial charge in [-0.05, 0) is 30.7 Å². The molecule has 0 aliphatic rings. The molecule has 0 aliphatic carbocycles. The van der Waals surface area contributed by atoms with Crippen LogP contribution in [0.25, 0.3) is 0 Å². The largest absolute Gasteiger partial charge is 0.493 e. The van der Waals surface area contributed by atoms with Crippen molar-refractivity contribution in [2.24, 2.45) is 12.0 Å². The molecule has 8 heteroatoms. The highest BCUT2D eigenvalue weighted by atomic mass is 127. The van der Waals surface area contributed by atoms with Gasteiger partial charge in [0.1, 0.15) is 0 Å². The van der Waals surface area contributed by atoms with E-state index in [9.17, 15) is 0 Å². The van der Waals surface area contributed by atoms with Crippen LogP contribution in [0.15, 0.2) is 35.5 Å². The van der Waals surface area contributed by atoms with Gasteiger partial charge in [-0.25, -0.2) is 0 Å². The van der Waals surface area contributed by atoms with E-state index >= 15 is 0 Å². The van der Waals surface area contributed by atoms with Crippen LogP contribution in [0.2, 0.25) is 0 Å². The first-order chi connectivity index (χ1) is 11.7. The minimum atomic E-state index is 0. The lowest BCUT2D eigenvalue weighted by Crippen LogP contribution is -2.36. The fourth-order valence-corrected chi connectivity index (χ4v) is 2.25. The van der Waals surface area contributed by atoms with E-state index in [-0.39, 0.29) is 24.0 Å². The van der Waals surface area contributed by atoms with Crippen molar-refractivity contribution in [3.8, 4) is 11.5 Å². The molecule has 2 rings (SSSR count). The molecule has 1 aromatic carbocycles. The quantitative estimate of drug-likeness (QED) is 0.378. The average Bonchev–Trinajstić information content (AvgIpc) is 3.01. The monoisotopic (exact) mass is 459 g/mol. The van der Waals surface area contributed by atoms with Gasteiger partial charge in [0.05, 0.1) is 26.0 Å². The van der Waals surface area contributed by atoms with Crippen LogP contribution in [0.1, 0.15) is 18.2 Å². The van der Waals surface area contributed by atoms with Crippen LogP contribution >= 0.6 is 24.0 Å². The van der Waals surface area contributed by atoms with E-state index in [1.807, 2.05) is 42.9 Å². The van der Waals surface area contributed by atoms with Crippen LogP contribution in [0.3, 0.4) is 0 Å². The number of methoxy groups -OCH3 is 1. The molecular formula is C17H26IN5O2.